The van der Waals surface area contributed by atoms with Gasteiger partial charge in [0.05, 0.1) is 12.2 Å². The van der Waals surface area contributed by atoms with Gasteiger partial charge < -0.3 is 10.2 Å². The molecular weight excluding hydrogens is 216 g/mol. The Morgan fingerprint density at radius 3 is 2.82 bits per heavy atom. The molecule has 17 heavy (non-hydrogen) atoms. The van der Waals surface area contributed by atoms with Gasteiger partial charge in [0.2, 0.25) is 0 Å². The number of hydrogen-bond acceptors (Lipinski definition) is 4. The number of rotatable bonds is 3. The van der Waals surface area contributed by atoms with Gasteiger partial charge in [0.1, 0.15) is 11.5 Å². The lowest BCUT2D eigenvalue weighted by molar-refractivity contribution is 0.459. The largest absolute Gasteiger partial charge is 0.508 e. The van der Waals surface area contributed by atoms with E-state index in [4.69, 9.17) is 0 Å². The van der Waals surface area contributed by atoms with Crippen molar-refractivity contribution in [2.75, 3.05) is 0 Å². The van der Waals surface area contributed by atoms with Gasteiger partial charge in [0.15, 0.2) is 0 Å². The number of aromatic hydroxyl groups is 2. The molecule has 0 bridgehead atoms. The molecule has 1 aromatic carbocycles. The fraction of sp³-hybridized carbons (Fsp3) is 0.0769. The van der Waals surface area contributed by atoms with Gasteiger partial charge in [-0.15, -0.1) is 0 Å². The molecule has 0 aliphatic rings. The van der Waals surface area contributed by atoms with Crippen molar-refractivity contribution in [3.63, 3.8) is 0 Å². The first kappa shape index (κ1) is 11.1. The Kier molecular flexibility index (Phi) is 3.35. The van der Waals surface area contributed by atoms with Gasteiger partial charge in [0.25, 0.3) is 0 Å². The van der Waals surface area contributed by atoms with Crippen LogP contribution in [0.4, 0.5) is 0 Å². The van der Waals surface area contributed by atoms with Crippen molar-refractivity contribution in [2.24, 2.45) is 4.99 Å². The van der Waals surface area contributed by atoms with Crippen molar-refractivity contribution in [3.8, 4) is 11.5 Å². The molecule has 0 amide bonds. The maximum absolute atomic E-state index is 9.51. The molecule has 1 aromatic heterocycles. The first-order valence-electron chi connectivity index (χ1n) is 5.17. The summed E-state index contributed by atoms with van der Waals surface area (Å²) in [6, 6.07) is 9.91. The molecule has 0 saturated heterocycles. The molecule has 1 heterocycles. The van der Waals surface area contributed by atoms with E-state index in [-0.39, 0.29) is 11.5 Å². The third kappa shape index (κ3) is 3.04. The van der Waals surface area contributed by atoms with Crippen LogP contribution in [0.3, 0.4) is 0 Å². The van der Waals surface area contributed by atoms with E-state index in [9.17, 15) is 10.2 Å². The third-order valence-corrected chi connectivity index (χ3v) is 2.22. The molecule has 86 valence electrons. The predicted molar refractivity (Wildman–Crippen MR) is 65.3 cm³/mol. The highest BCUT2D eigenvalue weighted by atomic mass is 16.3. The molecule has 0 saturated carbocycles. The summed E-state index contributed by atoms with van der Waals surface area (Å²) >= 11 is 0. The first-order valence-corrected chi connectivity index (χ1v) is 5.17. The summed E-state index contributed by atoms with van der Waals surface area (Å²) in [5, 5.41) is 18.8. The minimum Gasteiger partial charge on any atom is -0.508 e. The van der Waals surface area contributed by atoms with Crippen LogP contribution < -0.4 is 0 Å². The second-order valence-corrected chi connectivity index (χ2v) is 3.53. The minimum atomic E-state index is 0.0903. The molecule has 0 atom stereocenters. The summed E-state index contributed by atoms with van der Waals surface area (Å²) in [4.78, 5) is 8.28. The molecule has 2 aromatic rings. The summed E-state index contributed by atoms with van der Waals surface area (Å²) < 4.78 is 0. The Labute approximate surface area is 98.9 Å². The lowest BCUT2D eigenvalue weighted by Gasteiger charge is -1.99. The van der Waals surface area contributed by atoms with Crippen molar-refractivity contribution in [3.05, 3.63) is 53.9 Å². The van der Waals surface area contributed by atoms with Crippen LogP contribution in [0.25, 0.3) is 0 Å². The van der Waals surface area contributed by atoms with Crippen LogP contribution in [0.15, 0.2) is 47.6 Å². The van der Waals surface area contributed by atoms with Gasteiger partial charge in [0, 0.05) is 18.0 Å². The zero-order valence-corrected chi connectivity index (χ0v) is 9.11. The summed E-state index contributed by atoms with van der Waals surface area (Å²) in [6.07, 6.45) is 3.22. The maximum Gasteiger partial charge on any atom is 0.124 e. The van der Waals surface area contributed by atoms with Gasteiger partial charge in [-0.1, -0.05) is 6.07 Å². The molecule has 0 fully saturated rings. The molecule has 4 heteroatoms. The van der Waals surface area contributed by atoms with E-state index >= 15 is 0 Å². The van der Waals surface area contributed by atoms with Gasteiger partial charge >= 0.3 is 0 Å². The molecule has 0 aliphatic carbocycles. The topological polar surface area (TPSA) is 65.7 Å². The monoisotopic (exact) mass is 228 g/mol. The smallest absolute Gasteiger partial charge is 0.124 e. The van der Waals surface area contributed by atoms with Crippen LogP contribution in [-0.4, -0.2) is 21.4 Å². The number of benzene rings is 1. The normalized spacial score (nSPS) is 10.8. The summed E-state index contributed by atoms with van der Waals surface area (Å²) in [5.74, 6) is 0.189. The van der Waals surface area contributed by atoms with Crippen LogP contribution in [-0.2, 0) is 6.54 Å². The Hall–Kier alpha value is -2.36. The van der Waals surface area contributed by atoms with E-state index in [2.05, 4.69) is 9.98 Å². The van der Waals surface area contributed by atoms with E-state index in [0.717, 1.165) is 5.69 Å². The average molecular weight is 228 g/mol. The van der Waals surface area contributed by atoms with Crippen LogP contribution in [0, 0.1) is 0 Å². The fourth-order valence-corrected chi connectivity index (χ4v) is 1.37. The van der Waals surface area contributed by atoms with Crippen LogP contribution in [0.2, 0.25) is 0 Å². The molecule has 2 rings (SSSR count). The molecule has 0 spiro atoms. The highest BCUT2D eigenvalue weighted by Crippen LogP contribution is 2.20. The van der Waals surface area contributed by atoms with Gasteiger partial charge in [-0.2, -0.15) is 0 Å². The molecule has 0 unspecified atom stereocenters. The molecule has 0 radical (unpaired) electrons. The quantitative estimate of drug-likeness (QED) is 0.624. The van der Waals surface area contributed by atoms with Crippen LogP contribution >= 0.6 is 0 Å². The third-order valence-electron chi connectivity index (χ3n) is 2.22. The van der Waals surface area contributed by atoms with Crippen LogP contribution in [0.5, 0.6) is 11.5 Å². The van der Waals surface area contributed by atoms with Gasteiger partial charge in [-0.3, -0.25) is 9.98 Å². The number of nitrogens with zero attached hydrogens (tertiary/aromatic N) is 2. The Balaban J connectivity index is 2.08. The van der Waals surface area contributed by atoms with Crippen LogP contribution in [0.1, 0.15) is 11.3 Å². The number of pyridine rings is 1. The van der Waals surface area contributed by atoms with Crippen molar-refractivity contribution < 1.29 is 10.2 Å². The second kappa shape index (κ2) is 5.12. The zero-order chi connectivity index (χ0) is 12.1. The summed E-state index contributed by atoms with van der Waals surface area (Å²) in [5.41, 5.74) is 1.34. The zero-order valence-electron chi connectivity index (χ0n) is 9.11. The van der Waals surface area contributed by atoms with Crippen molar-refractivity contribution in [1.29, 1.82) is 0 Å². The molecule has 4 nitrogen and oxygen atoms in total. The molecule has 2 N–H and O–H groups in total. The van der Waals surface area contributed by atoms with E-state index in [0.29, 0.717) is 12.1 Å². The number of aromatic nitrogens is 1. The Bertz CT molecular complexity index is 524. The van der Waals surface area contributed by atoms with Gasteiger partial charge in [-0.05, 0) is 30.3 Å². The van der Waals surface area contributed by atoms with Crippen molar-refractivity contribution in [1.82, 2.24) is 4.98 Å². The van der Waals surface area contributed by atoms with E-state index in [1.807, 2.05) is 18.2 Å². The Morgan fingerprint density at radius 2 is 2.06 bits per heavy atom. The highest BCUT2D eigenvalue weighted by molar-refractivity contribution is 5.83. The van der Waals surface area contributed by atoms with E-state index < -0.39 is 0 Å². The van der Waals surface area contributed by atoms with E-state index in [1.165, 1.54) is 24.4 Å². The highest BCUT2D eigenvalue weighted by Gasteiger charge is 1.98. The summed E-state index contributed by atoms with van der Waals surface area (Å²) in [7, 11) is 0. The summed E-state index contributed by atoms with van der Waals surface area (Å²) in [6.45, 7) is 0.440. The maximum atomic E-state index is 9.51. The number of hydrogen-bond donors (Lipinski definition) is 2. The number of aliphatic imine (C=N–C) groups is 1. The standard InChI is InChI=1S/C13H12N2O2/c16-12-4-5-13(17)10(7-12)8-14-9-11-3-1-2-6-15-11/h1-8,16-17H,9H2. The first-order chi connectivity index (χ1) is 8.25. The lowest BCUT2D eigenvalue weighted by Crippen LogP contribution is -1.87. The minimum absolute atomic E-state index is 0.0903. The fourth-order valence-electron chi connectivity index (χ4n) is 1.37. The molecule has 0 aliphatic heterocycles. The molecular formula is C13H12N2O2. The van der Waals surface area contributed by atoms with Gasteiger partial charge in [-0.25, -0.2) is 0 Å². The Morgan fingerprint density at radius 1 is 1.18 bits per heavy atom. The second-order valence-electron chi connectivity index (χ2n) is 3.53. The number of phenols is 2. The average Bonchev–Trinajstić information content (AvgIpc) is 2.35. The number of phenolic OH excluding ortho intramolecular Hbond substituents is 2. The van der Waals surface area contributed by atoms with Crippen molar-refractivity contribution >= 4 is 6.21 Å². The van der Waals surface area contributed by atoms with E-state index in [1.54, 1.807) is 6.20 Å². The van der Waals surface area contributed by atoms with Crippen molar-refractivity contribution in [2.45, 2.75) is 6.54 Å². The SMILES string of the molecule is Oc1ccc(O)c(C=NCc2ccccn2)c1. The predicted octanol–water partition coefficient (Wildman–Crippen LogP) is 2.11. The lowest BCUT2D eigenvalue weighted by atomic mass is 10.2.